The zero-order chi connectivity index (χ0) is 26.8. The van der Waals surface area contributed by atoms with Gasteiger partial charge in [-0.3, -0.25) is 19.9 Å². The number of anilines is 1. The van der Waals surface area contributed by atoms with E-state index in [0.717, 1.165) is 27.5 Å². The number of ether oxygens (including phenoxy) is 1. The van der Waals surface area contributed by atoms with Crippen LogP contribution in [0.4, 0.5) is 10.5 Å². The molecule has 0 saturated carbocycles. The highest BCUT2D eigenvalue weighted by atomic mass is 35.5. The summed E-state index contributed by atoms with van der Waals surface area (Å²) < 4.78 is 7.90. The predicted octanol–water partition coefficient (Wildman–Crippen LogP) is 5.39. The predicted molar refractivity (Wildman–Crippen MR) is 144 cm³/mol. The molecule has 4 amide bonds. The summed E-state index contributed by atoms with van der Waals surface area (Å²) in [6, 6.07) is 19.3. The van der Waals surface area contributed by atoms with E-state index < -0.39 is 17.8 Å². The third-order valence-electron chi connectivity index (χ3n) is 6.24. The first-order valence-electron chi connectivity index (χ1n) is 11.8. The summed E-state index contributed by atoms with van der Waals surface area (Å²) in [4.78, 5) is 43.0. The molecule has 8 nitrogen and oxygen atoms in total. The summed E-state index contributed by atoms with van der Waals surface area (Å²) in [5, 5.41) is 2.90. The fourth-order valence-electron chi connectivity index (χ4n) is 4.34. The Labute approximate surface area is 224 Å². The molecule has 3 heterocycles. The molecular formula is C29H23ClN4O4. The Morgan fingerprint density at radius 1 is 0.947 bits per heavy atom. The zero-order valence-corrected chi connectivity index (χ0v) is 21.4. The Morgan fingerprint density at radius 3 is 2.37 bits per heavy atom. The lowest BCUT2D eigenvalue weighted by Gasteiger charge is -2.26. The second-order valence-electron chi connectivity index (χ2n) is 8.70. The van der Waals surface area contributed by atoms with Crippen LogP contribution in [0.2, 0.25) is 5.02 Å². The molecule has 38 heavy (non-hydrogen) atoms. The minimum atomic E-state index is -0.800. The molecule has 0 radical (unpaired) electrons. The molecule has 2 aromatic carbocycles. The number of carbonyl (C=O) groups is 3. The monoisotopic (exact) mass is 526 g/mol. The largest absolute Gasteiger partial charge is 0.489 e. The zero-order valence-electron chi connectivity index (χ0n) is 20.6. The van der Waals surface area contributed by atoms with E-state index in [9.17, 15) is 14.4 Å². The van der Waals surface area contributed by atoms with Crippen molar-refractivity contribution in [3.8, 4) is 11.4 Å². The van der Waals surface area contributed by atoms with E-state index in [1.54, 1.807) is 0 Å². The number of benzene rings is 2. The van der Waals surface area contributed by atoms with Crippen LogP contribution in [0.1, 0.15) is 22.5 Å². The third kappa shape index (κ3) is 4.81. The maximum absolute atomic E-state index is 13.2. The van der Waals surface area contributed by atoms with Crippen LogP contribution in [-0.2, 0) is 16.2 Å². The van der Waals surface area contributed by atoms with E-state index in [0.29, 0.717) is 28.6 Å². The molecule has 0 atom stereocenters. The first-order chi connectivity index (χ1) is 18.3. The van der Waals surface area contributed by atoms with Crippen molar-refractivity contribution in [2.45, 2.75) is 20.5 Å². The van der Waals surface area contributed by atoms with Crippen LogP contribution >= 0.6 is 11.6 Å². The lowest BCUT2D eigenvalue weighted by Crippen LogP contribution is -2.54. The molecule has 0 spiro atoms. The molecule has 0 unspecified atom stereocenters. The second kappa shape index (κ2) is 10.4. The van der Waals surface area contributed by atoms with Crippen LogP contribution in [0.25, 0.3) is 11.8 Å². The number of urea groups is 1. The number of halogens is 1. The SMILES string of the molecule is Cc1cc(/C=C2\C(=O)NC(=O)N(c3ccncc3)C2=O)c(C)n1-c1ccc(OCc2ccccc2Cl)cc1. The fourth-order valence-corrected chi connectivity index (χ4v) is 4.53. The van der Waals surface area contributed by atoms with E-state index in [2.05, 4.69) is 10.3 Å². The van der Waals surface area contributed by atoms with E-state index in [1.165, 1.54) is 30.6 Å². The summed E-state index contributed by atoms with van der Waals surface area (Å²) >= 11 is 6.21. The van der Waals surface area contributed by atoms with Gasteiger partial charge in [0.05, 0.1) is 5.69 Å². The normalized spacial score (nSPS) is 14.7. The molecule has 1 fully saturated rings. The second-order valence-corrected chi connectivity index (χ2v) is 9.11. The average Bonchev–Trinajstić information content (AvgIpc) is 3.19. The van der Waals surface area contributed by atoms with Crippen molar-refractivity contribution in [1.29, 1.82) is 0 Å². The van der Waals surface area contributed by atoms with Crippen molar-refractivity contribution in [2.24, 2.45) is 0 Å². The van der Waals surface area contributed by atoms with Crippen molar-refractivity contribution < 1.29 is 19.1 Å². The number of nitrogens with one attached hydrogen (secondary N) is 1. The average molecular weight is 527 g/mol. The number of nitrogens with zero attached hydrogens (tertiary/aromatic N) is 3. The third-order valence-corrected chi connectivity index (χ3v) is 6.61. The number of barbiturate groups is 1. The molecule has 190 valence electrons. The van der Waals surface area contributed by atoms with Crippen molar-refractivity contribution in [1.82, 2.24) is 14.9 Å². The smallest absolute Gasteiger partial charge is 0.335 e. The highest BCUT2D eigenvalue weighted by Gasteiger charge is 2.37. The van der Waals surface area contributed by atoms with Crippen molar-refractivity contribution in [3.05, 3.63) is 112 Å². The van der Waals surface area contributed by atoms with Crippen molar-refractivity contribution in [3.63, 3.8) is 0 Å². The Hall–Kier alpha value is -4.69. The van der Waals surface area contributed by atoms with Gasteiger partial charge in [-0.25, -0.2) is 9.69 Å². The lowest BCUT2D eigenvalue weighted by molar-refractivity contribution is -0.122. The van der Waals surface area contributed by atoms with Gasteiger partial charge in [0.25, 0.3) is 11.8 Å². The van der Waals surface area contributed by atoms with Crippen LogP contribution in [0.15, 0.2) is 84.7 Å². The number of pyridine rings is 1. The van der Waals surface area contributed by atoms with Gasteiger partial charge in [-0.05, 0) is 74.0 Å². The molecular weight excluding hydrogens is 504 g/mol. The molecule has 4 aromatic rings. The standard InChI is InChI=1S/C29H23ClN4O4/c1-18-15-21(16-25-27(35)32-29(37)34(28(25)36)23-11-13-31-14-12-23)19(2)33(18)22-7-9-24(10-8-22)38-17-20-5-3-4-6-26(20)30/h3-16H,17H2,1-2H3,(H,32,35,37)/b25-16+. The van der Waals surface area contributed by atoms with Gasteiger partial charge in [0.15, 0.2) is 0 Å². The summed E-state index contributed by atoms with van der Waals surface area (Å²) in [5.74, 6) is -0.742. The number of amides is 4. The number of hydrogen-bond acceptors (Lipinski definition) is 5. The number of aryl methyl sites for hydroxylation is 1. The molecule has 9 heteroatoms. The molecule has 1 N–H and O–H groups in total. The lowest BCUT2D eigenvalue weighted by atomic mass is 10.1. The number of aromatic nitrogens is 2. The molecule has 0 aliphatic carbocycles. The maximum Gasteiger partial charge on any atom is 0.335 e. The van der Waals surface area contributed by atoms with Gasteiger partial charge in [0, 0.05) is 40.1 Å². The number of carbonyl (C=O) groups excluding carboxylic acids is 3. The van der Waals surface area contributed by atoms with Gasteiger partial charge in [-0.15, -0.1) is 0 Å². The molecule has 1 aliphatic heterocycles. The van der Waals surface area contributed by atoms with Crippen LogP contribution in [0.3, 0.4) is 0 Å². The Balaban J connectivity index is 1.40. The fraction of sp³-hybridized carbons (Fsp3) is 0.103. The number of hydrogen-bond donors (Lipinski definition) is 1. The van der Waals surface area contributed by atoms with Gasteiger partial charge in [0.1, 0.15) is 17.9 Å². The highest BCUT2D eigenvalue weighted by molar-refractivity contribution is 6.39. The summed E-state index contributed by atoms with van der Waals surface area (Å²) in [6.07, 6.45) is 4.45. The van der Waals surface area contributed by atoms with E-state index >= 15 is 0 Å². The van der Waals surface area contributed by atoms with Gasteiger partial charge in [-0.1, -0.05) is 29.8 Å². The molecule has 1 aliphatic rings. The molecule has 2 aromatic heterocycles. The summed E-state index contributed by atoms with van der Waals surface area (Å²) in [7, 11) is 0. The van der Waals surface area contributed by atoms with Gasteiger partial charge < -0.3 is 9.30 Å². The van der Waals surface area contributed by atoms with E-state index in [-0.39, 0.29) is 5.57 Å². The number of imide groups is 2. The Morgan fingerprint density at radius 2 is 1.66 bits per heavy atom. The first kappa shape index (κ1) is 25.0. The quantitative estimate of drug-likeness (QED) is 0.268. The van der Waals surface area contributed by atoms with Crippen LogP contribution in [0, 0.1) is 13.8 Å². The molecule has 0 bridgehead atoms. The van der Waals surface area contributed by atoms with Crippen molar-refractivity contribution >= 4 is 41.2 Å². The highest BCUT2D eigenvalue weighted by Crippen LogP contribution is 2.27. The van der Waals surface area contributed by atoms with Gasteiger partial charge in [0.2, 0.25) is 0 Å². The summed E-state index contributed by atoms with van der Waals surface area (Å²) in [5.41, 5.74) is 4.40. The first-order valence-corrected chi connectivity index (χ1v) is 12.2. The van der Waals surface area contributed by atoms with E-state index in [1.807, 2.05) is 73.0 Å². The molecule has 5 rings (SSSR count). The van der Waals surface area contributed by atoms with Crippen LogP contribution < -0.4 is 15.0 Å². The minimum Gasteiger partial charge on any atom is -0.489 e. The minimum absolute atomic E-state index is 0.134. The Kier molecular flexibility index (Phi) is 6.81. The van der Waals surface area contributed by atoms with Gasteiger partial charge in [-0.2, -0.15) is 0 Å². The topological polar surface area (TPSA) is 93.5 Å². The van der Waals surface area contributed by atoms with Crippen molar-refractivity contribution in [2.75, 3.05) is 4.90 Å². The van der Waals surface area contributed by atoms with Crippen LogP contribution in [-0.4, -0.2) is 27.4 Å². The molecule has 1 saturated heterocycles. The number of rotatable bonds is 6. The maximum atomic E-state index is 13.2. The van der Waals surface area contributed by atoms with Crippen LogP contribution in [0.5, 0.6) is 5.75 Å². The Bertz CT molecular complexity index is 1580. The summed E-state index contributed by atoms with van der Waals surface area (Å²) in [6.45, 7) is 4.19. The van der Waals surface area contributed by atoms with Gasteiger partial charge >= 0.3 is 6.03 Å². The van der Waals surface area contributed by atoms with E-state index in [4.69, 9.17) is 16.3 Å².